The van der Waals surface area contributed by atoms with Crippen molar-refractivity contribution in [3.8, 4) is 0 Å². The Hall–Kier alpha value is -3.15. The molecule has 6 heteroatoms. The normalized spacial score (nSPS) is 13.9. The van der Waals surface area contributed by atoms with Gasteiger partial charge in [0, 0.05) is 40.8 Å². The van der Waals surface area contributed by atoms with Crippen LogP contribution in [-0.4, -0.2) is 28.7 Å². The van der Waals surface area contributed by atoms with Gasteiger partial charge in [-0.05, 0) is 58.9 Å². The second kappa shape index (κ2) is 7.59. The molecule has 2 heterocycles. The van der Waals surface area contributed by atoms with Crippen LogP contribution in [0.4, 0.5) is 0 Å². The summed E-state index contributed by atoms with van der Waals surface area (Å²) < 4.78 is 1.70. The average Bonchev–Trinajstić information content (AvgIpc) is 3.12. The van der Waals surface area contributed by atoms with Gasteiger partial charge in [-0.15, -0.1) is 0 Å². The number of benzene rings is 3. The Morgan fingerprint density at radius 3 is 2.57 bits per heavy atom. The van der Waals surface area contributed by atoms with Gasteiger partial charge < -0.3 is 10.6 Å². The van der Waals surface area contributed by atoms with Crippen molar-refractivity contribution in [2.75, 3.05) is 13.1 Å². The quantitative estimate of drug-likeness (QED) is 0.438. The fourth-order valence-corrected chi connectivity index (χ4v) is 4.12. The van der Waals surface area contributed by atoms with Crippen LogP contribution in [0.15, 0.2) is 72.4 Å². The Kier molecular flexibility index (Phi) is 4.77. The first kappa shape index (κ1) is 18.9. The van der Waals surface area contributed by atoms with Gasteiger partial charge in [0.2, 0.25) is 0 Å². The summed E-state index contributed by atoms with van der Waals surface area (Å²) in [6, 6.07) is 19.4. The summed E-state index contributed by atoms with van der Waals surface area (Å²) in [4.78, 5) is 13.4. The van der Waals surface area contributed by atoms with Crippen molar-refractivity contribution >= 4 is 62.6 Å². The van der Waals surface area contributed by atoms with E-state index in [1.165, 1.54) is 0 Å². The average molecular weight is 432 g/mol. The number of aromatic nitrogens is 1. The number of carbonyl (C=O) groups is 1. The summed E-state index contributed by atoms with van der Waals surface area (Å²) in [6.45, 7) is 1.36. The first-order valence-corrected chi connectivity index (χ1v) is 10.4. The summed E-state index contributed by atoms with van der Waals surface area (Å²) in [6.07, 6.45) is 3.98. The number of hydrogen-bond acceptors (Lipinski definition) is 2. The van der Waals surface area contributed by atoms with Crippen molar-refractivity contribution in [2.45, 2.75) is 0 Å². The van der Waals surface area contributed by atoms with E-state index in [2.05, 4.69) is 16.7 Å². The maximum absolute atomic E-state index is 13.4. The summed E-state index contributed by atoms with van der Waals surface area (Å²) in [5.41, 5.74) is 3.58. The van der Waals surface area contributed by atoms with Crippen molar-refractivity contribution in [3.05, 3.63) is 88.6 Å². The van der Waals surface area contributed by atoms with E-state index in [9.17, 15) is 4.79 Å². The van der Waals surface area contributed by atoms with Crippen molar-refractivity contribution in [3.63, 3.8) is 0 Å². The molecule has 0 atom stereocenters. The first-order valence-electron chi connectivity index (χ1n) is 9.64. The van der Waals surface area contributed by atoms with Crippen molar-refractivity contribution in [2.24, 2.45) is 0 Å². The number of thiocarbonyl (C=S) groups is 1. The number of hydrogen-bond donors (Lipinski definition) is 2. The predicted octanol–water partition coefficient (Wildman–Crippen LogP) is 5.00. The van der Waals surface area contributed by atoms with Gasteiger partial charge in [0.25, 0.3) is 5.91 Å². The number of rotatable bonds is 2. The lowest BCUT2D eigenvalue weighted by Gasteiger charge is -2.19. The molecule has 2 N–H and O–H groups in total. The van der Waals surface area contributed by atoms with E-state index < -0.39 is 0 Å². The molecule has 0 spiro atoms. The molecular formula is C24H18ClN3OS. The van der Waals surface area contributed by atoms with Gasteiger partial charge in [0.1, 0.15) is 0 Å². The number of halogens is 1. The molecule has 3 aromatic carbocycles. The van der Waals surface area contributed by atoms with E-state index in [0.717, 1.165) is 32.8 Å². The third kappa shape index (κ3) is 3.47. The van der Waals surface area contributed by atoms with Crippen molar-refractivity contribution < 1.29 is 4.79 Å². The number of fused-ring (bicyclic) bond motifs is 2. The SMILES string of the molecule is O=C(c1ccc2ccccc2c1)n1cc(C=C2CNC(=S)NC2)c2cc(Cl)ccc21. The third-order valence-corrected chi connectivity index (χ3v) is 5.85. The van der Waals surface area contributed by atoms with Crippen LogP contribution in [0.25, 0.3) is 27.8 Å². The molecular weight excluding hydrogens is 414 g/mol. The maximum atomic E-state index is 13.4. The lowest BCUT2D eigenvalue weighted by atomic mass is 10.1. The zero-order valence-electron chi connectivity index (χ0n) is 16.0. The van der Waals surface area contributed by atoms with Crippen molar-refractivity contribution in [1.82, 2.24) is 15.2 Å². The topological polar surface area (TPSA) is 46.1 Å². The first-order chi connectivity index (χ1) is 14.6. The number of nitrogens with one attached hydrogen (secondary N) is 2. The summed E-state index contributed by atoms with van der Waals surface area (Å²) in [7, 11) is 0. The van der Waals surface area contributed by atoms with Gasteiger partial charge in [0.15, 0.2) is 5.11 Å². The molecule has 0 unspecified atom stereocenters. The lowest BCUT2D eigenvalue weighted by Crippen LogP contribution is -2.43. The molecule has 148 valence electrons. The lowest BCUT2D eigenvalue weighted by molar-refractivity contribution is 0.0965. The van der Waals surface area contributed by atoms with Crippen LogP contribution < -0.4 is 10.6 Å². The largest absolute Gasteiger partial charge is 0.359 e. The van der Waals surface area contributed by atoms with E-state index in [1.807, 2.05) is 66.9 Å². The second-order valence-electron chi connectivity index (χ2n) is 7.32. The van der Waals surface area contributed by atoms with Crippen LogP contribution in [0.2, 0.25) is 5.02 Å². The van der Waals surface area contributed by atoms with E-state index in [-0.39, 0.29) is 5.91 Å². The van der Waals surface area contributed by atoms with Gasteiger partial charge in [-0.3, -0.25) is 9.36 Å². The molecule has 0 aliphatic carbocycles. The number of carbonyl (C=O) groups excluding carboxylic acids is 1. The van der Waals surface area contributed by atoms with Gasteiger partial charge >= 0.3 is 0 Å². The third-order valence-electron chi connectivity index (χ3n) is 5.32. The molecule has 0 amide bonds. The fraction of sp³-hybridized carbons (Fsp3) is 0.0833. The molecule has 1 aliphatic heterocycles. The maximum Gasteiger partial charge on any atom is 0.262 e. The van der Waals surface area contributed by atoms with Crippen LogP contribution >= 0.6 is 23.8 Å². The molecule has 0 radical (unpaired) electrons. The zero-order valence-corrected chi connectivity index (χ0v) is 17.6. The van der Waals surface area contributed by atoms with E-state index in [1.54, 1.807) is 4.57 Å². The van der Waals surface area contributed by atoms with Gasteiger partial charge in [-0.1, -0.05) is 48.0 Å². The Morgan fingerprint density at radius 1 is 1.00 bits per heavy atom. The van der Waals surface area contributed by atoms with Gasteiger partial charge in [-0.25, -0.2) is 0 Å². The minimum atomic E-state index is -0.0706. The Bertz CT molecular complexity index is 1340. The fourth-order valence-electron chi connectivity index (χ4n) is 3.81. The second-order valence-corrected chi connectivity index (χ2v) is 8.17. The highest BCUT2D eigenvalue weighted by Gasteiger charge is 2.16. The van der Waals surface area contributed by atoms with Gasteiger partial charge in [-0.2, -0.15) is 0 Å². The van der Waals surface area contributed by atoms with Crippen LogP contribution in [0.1, 0.15) is 15.9 Å². The summed E-state index contributed by atoms with van der Waals surface area (Å²) >= 11 is 11.4. The van der Waals surface area contributed by atoms with Crippen LogP contribution in [0, 0.1) is 0 Å². The highest BCUT2D eigenvalue weighted by molar-refractivity contribution is 7.80. The molecule has 0 bridgehead atoms. The van der Waals surface area contributed by atoms with E-state index in [0.29, 0.717) is 28.8 Å². The molecule has 1 fully saturated rings. The molecule has 30 heavy (non-hydrogen) atoms. The molecule has 4 nitrogen and oxygen atoms in total. The molecule has 5 rings (SSSR count). The minimum absolute atomic E-state index is 0.0706. The van der Waals surface area contributed by atoms with Crippen LogP contribution in [-0.2, 0) is 0 Å². The predicted molar refractivity (Wildman–Crippen MR) is 127 cm³/mol. The molecule has 1 aromatic heterocycles. The summed E-state index contributed by atoms with van der Waals surface area (Å²) in [5.74, 6) is -0.0706. The Morgan fingerprint density at radius 2 is 1.77 bits per heavy atom. The highest BCUT2D eigenvalue weighted by atomic mass is 35.5. The monoisotopic (exact) mass is 431 g/mol. The molecule has 4 aromatic rings. The molecule has 1 aliphatic rings. The number of nitrogens with zero attached hydrogens (tertiary/aromatic N) is 1. The van der Waals surface area contributed by atoms with E-state index in [4.69, 9.17) is 23.8 Å². The molecule has 0 saturated carbocycles. The zero-order chi connectivity index (χ0) is 20.7. The standard InChI is InChI=1S/C24H18ClN3OS/c25-20-7-8-22-21(11-20)19(9-15-12-26-24(30)27-13-15)14-28(22)23(29)18-6-5-16-3-1-2-4-17(16)10-18/h1-11,14H,12-13H2,(H2,26,27,30). The highest BCUT2D eigenvalue weighted by Crippen LogP contribution is 2.28. The minimum Gasteiger partial charge on any atom is -0.359 e. The van der Waals surface area contributed by atoms with Gasteiger partial charge in [0.05, 0.1) is 5.52 Å². The Balaban J connectivity index is 1.60. The molecule has 1 saturated heterocycles. The van der Waals surface area contributed by atoms with Crippen LogP contribution in [0.5, 0.6) is 0 Å². The summed E-state index contributed by atoms with van der Waals surface area (Å²) in [5, 5.41) is 10.7. The van der Waals surface area contributed by atoms with Crippen LogP contribution in [0.3, 0.4) is 0 Å². The Labute approximate surface area is 184 Å². The van der Waals surface area contributed by atoms with E-state index >= 15 is 0 Å². The van der Waals surface area contributed by atoms with Crippen molar-refractivity contribution in [1.29, 1.82) is 0 Å². The smallest absolute Gasteiger partial charge is 0.262 e.